The van der Waals surface area contributed by atoms with Gasteiger partial charge in [-0.25, -0.2) is 8.42 Å². The Hall–Kier alpha value is -2.26. The Morgan fingerprint density at radius 1 is 1.17 bits per heavy atom. The van der Waals surface area contributed by atoms with E-state index in [2.05, 4.69) is 18.1 Å². The van der Waals surface area contributed by atoms with E-state index in [9.17, 15) is 13.2 Å². The summed E-state index contributed by atoms with van der Waals surface area (Å²) < 4.78 is 31.9. The van der Waals surface area contributed by atoms with Crippen molar-refractivity contribution < 1.29 is 21.9 Å². The Morgan fingerprint density at radius 3 is 2.69 bits per heavy atom. The van der Waals surface area contributed by atoms with Gasteiger partial charge in [-0.1, -0.05) is 53.5 Å². The number of carbonyl (C=O) groups excluding carboxylic acids is 1. The quantitative estimate of drug-likeness (QED) is 0.136. The normalized spacial score (nSPS) is 20.2. The molecule has 1 N–H and O–H groups in total. The van der Waals surface area contributed by atoms with Gasteiger partial charge in [0.05, 0.1) is 17.4 Å². The number of anilines is 1. The Labute approximate surface area is 227 Å². The van der Waals surface area contributed by atoms with Crippen LogP contribution >= 0.6 is 36.0 Å². The molecule has 0 radical (unpaired) electrons. The van der Waals surface area contributed by atoms with E-state index in [0.29, 0.717) is 37.1 Å². The molecule has 4 rings (SSSR count). The van der Waals surface area contributed by atoms with Gasteiger partial charge in [-0.05, 0) is 48.2 Å². The van der Waals surface area contributed by atoms with Gasteiger partial charge in [0.2, 0.25) is 11.6 Å². The zero-order chi connectivity index (χ0) is 25.8. The number of alkyl halides is 1. The number of hydrogen-bond acceptors (Lipinski definition) is 5. The van der Waals surface area contributed by atoms with E-state index in [4.69, 9.17) is 27.9 Å². The summed E-state index contributed by atoms with van der Waals surface area (Å²) in [4.78, 5) is 11.5. The molecule has 2 aromatic carbocycles. The Balaban J connectivity index is 1.30. The van der Waals surface area contributed by atoms with Crippen molar-refractivity contribution in [3.8, 4) is 5.75 Å². The number of halogens is 2. The van der Waals surface area contributed by atoms with Crippen molar-refractivity contribution in [3.05, 3.63) is 82.5 Å². The molecule has 1 aliphatic carbocycles. The molecule has 0 spiro atoms. The maximum absolute atomic E-state index is 13.1. The average Bonchev–Trinajstić information content (AvgIpc) is 2.85. The van der Waals surface area contributed by atoms with Gasteiger partial charge in [0.15, 0.2) is 20.3 Å². The molecule has 0 bridgehead atoms. The van der Waals surface area contributed by atoms with E-state index in [1.54, 1.807) is 40.4 Å². The van der Waals surface area contributed by atoms with Crippen molar-refractivity contribution in [2.75, 3.05) is 11.9 Å². The number of fused-ring (bicyclic) bond motifs is 1. The van der Waals surface area contributed by atoms with Crippen LogP contribution in [0.5, 0.6) is 5.75 Å². The predicted octanol–water partition coefficient (Wildman–Crippen LogP) is 5.62. The van der Waals surface area contributed by atoms with E-state index >= 15 is 0 Å². The fourth-order valence-corrected chi connectivity index (χ4v) is 6.66. The fourth-order valence-electron chi connectivity index (χ4n) is 4.01. The second-order valence-electron chi connectivity index (χ2n) is 8.68. The van der Waals surface area contributed by atoms with Crippen LogP contribution in [0.3, 0.4) is 0 Å². The summed E-state index contributed by atoms with van der Waals surface area (Å²) in [5, 5.41) is 2.91. The lowest BCUT2D eigenvalue weighted by molar-refractivity contribution is -0.268. The number of allylic oxidation sites excluding steroid dienone is 2. The molecule has 1 amide bonds. The number of hydrogen-bond donors (Lipinski definition) is 2. The number of benzene rings is 2. The molecule has 1 heterocycles. The van der Waals surface area contributed by atoms with Crippen LogP contribution in [0, 0.1) is 0 Å². The lowest BCUT2D eigenvalue weighted by Gasteiger charge is -2.27. The minimum Gasteiger partial charge on any atom is -0.494 e. The summed E-state index contributed by atoms with van der Waals surface area (Å²) in [6.07, 6.45) is 7.83. The third-order valence-corrected chi connectivity index (χ3v) is 10.2. The van der Waals surface area contributed by atoms with E-state index < -0.39 is 14.0 Å². The third-order valence-electron chi connectivity index (χ3n) is 6.05. The topological polar surface area (TPSA) is 75.5 Å². The number of sulfone groups is 1. The average molecular weight is 567 g/mol. The van der Waals surface area contributed by atoms with Crippen molar-refractivity contribution >= 4 is 63.7 Å². The second-order valence-corrected chi connectivity index (χ2v) is 12.6. The lowest BCUT2D eigenvalue weighted by atomic mass is 10.0. The molecule has 0 fully saturated rings. The molecule has 2 aromatic rings. The molecule has 1 aliphatic heterocycles. The number of nitrogens with zero attached hydrogens (tertiary/aromatic N) is 1. The highest BCUT2D eigenvalue weighted by Gasteiger charge is 2.46. The van der Waals surface area contributed by atoms with Gasteiger partial charge in [-0.2, -0.15) is 0 Å². The first-order valence-electron chi connectivity index (χ1n) is 11.6. The third kappa shape index (κ3) is 6.17. The molecular formula is C26H27Cl2N2O4S2+. The van der Waals surface area contributed by atoms with E-state index in [1.807, 2.05) is 30.5 Å². The number of nitrogens with one attached hydrogen (secondary N) is 1. The van der Waals surface area contributed by atoms with Gasteiger partial charge in [0, 0.05) is 31.0 Å². The number of unbranched alkanes of at least 4 members (excludes halogenated alkanes) is 1. The maximum atomic E-state index is 13.1. The van der Waals surface area contributed by atoms with Crippen molar-refractivity contribution in [2.24, 2.45) is 0 Å². The number of rotatable bonds is 9. The lowest BCUT2D eigenvalue weighted by Crippen LogP contribution is -2.35. The Bertz CT molecular complexity index is 1340. The summed E-state index contributed by atoms with van der Waals surface area (Å²) in [6, 6.07) is 14.6. The predicted molar refractivity (Wildman–Crippen MR) is 148 cm³/mol. The molecule has 0 saturated carbocycles. The molecule has 36 heavy (non-hydrogen) atoms. The summed E-state index contributed by atoms with van der Waals surface area (Å²) >= 11 is 17.5. The Morgan fingerprint density at radius 2 is 1.94 bits per heavy atom. The summed E-state index contributed by atoms with van der Waals surface area (Å²) in [7, 11) is -3.76. The Kier molecular flexibility index (Phi) is 8.50. The number of thiol groups is 1. The summed E-state index contributed by atoms with van der Waals surface area (Å²) in [5.74, 6) is 0.616. The maximum Gasteiger partial charge on any atom is 0.224 e. The van der Waals surface area contributed by atoms with E-state index in [1.165, 1.54) is 0 Å². The van der Waals surface area contributed by atoms with Crippen molar-refractivity contribution in [1.29, 1.82) is 0 Å². The monoisotopic (exact) mass is 565 g/mol. The van der Waals surface area contributed by atoms with E-state index in [-0.39, 0.29) is 23.1 Å². The van der Waals surface area contributed by atoms with Gasteiger partial charge in [0.25, 0.3) is 0 Å². The van der Waals surface area contributed by atoms with Crippen LogP contribution in [-0.4, -0.2) is 35.3 Å². The van der Waals surface area contributed by atoms with Crippen LogP contribution in [0.25, 0.3) is 0 Å². The highest BCUT2D eigenvalue weighted by atomic mass is 35.5. The molecule has 1 unspecified atom stereocenters. The molecule has 0 aromatic heterocycles. The largest absolute Gasteiger partial charge is 0.494 e. The molecule has 6 nitrogen and oxygen atoms in total. The summed E-state index contributed by atoms with van der Waals surface area (Å²) in [5.41, 5.74) is 3.24. The molecule has 10 heteroatoms. The van der Waals surface area contributed by atoms with Crippen LogP contribution in [0.1, 0.15) is 36.8 Å². The van der Waals surface area contributed by atoms with Gasteiger partial charge >= 0.3 is 0 Å². The summed E-state index contributed by atoms with van der Waals surface area (Å²) in [6.45, 7) is 0.515. The van der Waals surface area contributed by atoms with Gasteiger partial charge < -0.3 is 10.1 Å². The van der Waals surface area contributed by atoms with Crippen LogP contribution in [0.15, 0.2) is 71.4 Å². The van der Waals surface area contributed by atoms with E-state index in [0.717, 1.165) is 23.4 Å². The van der Waals surface area contributed by atoms with Crippen LogP contribution in [0.4, 0.5) is 5.69 Å². The van der Waals surface area contributed by atoms with Crippen molar-refractivity contribution in [2.45, 2.75) is 42.1 Å². The van der Waals surface area contributed by atoms with Gasteiger partial charge in [-0.3, -0.25) is 4.79 Å². The first-order chi connectivity index (χ1) is 17.2. The highest BCUT2D eigenvalue weighted by Crippen LogP contribution is 2.43. The van der Waals surface area contributed by atoms with Crippen LogP contribution in [0.2, 0.25) is 0 Å². The van der Waals surface area contributed by atoms with Crippen molar-refractivity contribution in [1.82, 2.24) is 0 Å². The zero-order valence-corrected chi connectivity index (χ0v) is 22.7. The first-order valence-corrected chi connectivity index (χ1v) is 14.4. The van der Waals surface area contributed by atoms with Gasteiger partial charge in [0.1, 0.15) is 18.6 Å². The SMILES string of the molecule is O=C1CCc2cc(OCCCC=[N+](S)C3=CCC(Cl)(S(=O)(=O)Cc4ccccc4)C(Cl)=C3)ccc2N1. The van der Waals surface area contributed by atoms with Gasteiger partial charge in [-0.15, -0.1) is 3.98 Å². The molecular weight excluding hydrogens is 539 g/mol. The number of ether oxygens (including phenoxy) is 1. The molecule has 1 atom stereocenters. The van der Waals surface area contributed by atoms with Crippen LogP contribution in [-0.2, 0) is 26.8 Å². The highest BCUT2D eigenvalue weighted by molar-refractivity contribution is 7.93. The minimum atomic E-state index is -3.76. The number of carbonyl (C=O) groups is 1. The second kappa shape index (κ2) is 11.4. The molecule has 190 valence electrons. The zero-order valence-electron chi connectivity index (χ0n) is 19.5. The standard InChI is InChI=1S/C26H26Cl2N2O4S2/c27-24-17-21(12-13-26(24,28)36(32,33)18-19-6-2-1-3-7-19)30(35)14-4-5-15-34-22-9-10-23-20(16-22)8-11-25(31)29-23/h1-3,6-7,9-10,12,14,16-17H,4-5,8,11,13,15,18H2,(H-,29,31,35)/p+1. The number of amides is 1. The molecule has 0 saturated heterocycles. The van der Waals surface area contributed by atoms with Crippen molar-refractivity contribution in [3.63, 3.8) is 0 Å². The first kappa shape index (κ1) is 26.8. The number of aryl methyl sites for hydroxylation is 1. The minimum absolute atomic E-state index is 0.0396. The van der Waals surface area contributed by atoms with Crippen LogP contribution < -0.4 is 10.1 Å². The fraction of sp³-hybridized carbons (Fsp3) is 0.308. The molecule has 2 aliphatic rings. The smallest absolute Gasteiger partial charge is 0.224 e.